The highest BCUT2D eigenvalue weighted by atomic mass is 32.2. The van der Waals surface area contributed by atoms with Crippen LogP contribution in [0.4, 0.5) is 0 Å². The van der Waals surface area contributed by atoms with E-state index in [0.29, 0.717) is 19.6 Å². The SMILES string of the molecule is COC1CCN(S(=O)(=O)N2CCCCC2CCc2ccccc2)CC1. The highest BCUT2D eigenvalue weighted by Gasteiger charge is 2.37. The Bertz CT molecular complexity index is 627. The summed E-state index contributed by atoms with van der Waals surface area (Å²) in [6, 6.07) is 10.5. The van der Waals surface area contributed by atoms with Crippen LogP contribution in [-0.2, 0) is 21.4 Å². The first-order valence-corrected chi connectivity index (χ1v) is 10.8. The van der Waals surface area contributed by atoms with E-state index in [-0.39, 0.29) is 12.1 Å². The van der Waals surface area contributed by atoms with Crippen LogP contribution in [0.2, 0.25) is 0 Å². The molecule has 6 heteroatoms. The molecule has 2 saturated heterocycles. The van der Waals surface area contributed by atoms with Gasteiger partial charge in [-0.25, -0.2) is 0 Å². The molecule has 0 saturated carbocycles. The van der Waals surface area contributed by atoms with Gasteiger partial charge in [-0.3, -0.25) is 0 Å². The lowest BCUT2D eigenvalue weighted by atomic mass is 9.98. The van der Waals surface area contributed by atoms with Gasteiger partial charge in [-0.15, -0.1) is 0 Å². The molecule has 1 unspecified atom stereocenters. The van der Waals surface area contributed by atoms with E-state index in [2.05, 4.69) is 12.1 Å². The minimum Gasteiger partial charge on any atom is -0.381 e. The van der Waals surface area contributed by atoms with Gasteiger partial charge >= 0.3 is 0 Å². The maximum Gasteiger partial charge on any atom is 0.282 e. The summed E-state index contributed by atoms with van der Waals surface area (Å²) in [5.74, 6) is 0. The number of piperidine rings is 2. The van der Waals surface area contributed by atoms with Crippen molar-refractivity contribution in [1.82, 2.24) is 8.61 Å². The van der Waals surface area contributed by atoms with Crippen molar-refractivity contribution in [3.63, 3.8) is 0 Å². The van der Waals surface area contributed by atoms with E-state index in [1.54, 1.807) is 15.7 Å². The Morgan fingerprint density at radius 3 is 2.44 bits per heavy atom. The van der Waals surface area contributed by atoms with Crippen LogP contribution >= 0.6 is 0 Å². The monoisotopic (exact) mass is 366 g/mol. The third-order valence-corrected chi connectivity index (χ3v) is 7.63. The fraction of sp³-hybridized carbons (Fsp3) is 0.684. The molecule has 0 radical (unpaired) electrons. The summed E-state index contributed by atoms with van der Waals surface area (Å²) in [4.78, 5) is 0. The quantitative estimate of drug-likeness (QED) is 0.778. The Labute approximate surface area is 152 Å². The zero-order valence-electron chi connectivity index (χ0n) is 15.1. The largest absolute Gasteiger partial charge is 0.381 e. The summed E-state index contributed by atoms with van der Waals surface area (Å²) in [5, 5.41) is 0. The second kappa shape index (κ2) is 8.62. The van der Waals surface area contributed by atoms with Crippen molar-refractivity contribution in [2.75, 3.05) is 26.7 Å². The highest BCUT2D eigenvalue weighted by Crippen LogP contribution is 2.27. The molecule has 0 aliphatic carbocycles. The molecule has 0 spiro atoms. The summed E-state index contributed by atoms with van der Waals surface area (Å²) < 4.78 is 35.2. The maximum atomic E-state index is 13.2. The van der Waals surface area contributed by atoms with E-state index >= 15 is 0 Å². The van der Waals surface area contributed by atoms with Crippen LogP contribution in [0.15, 0.2) is 30.3 Å². The first kappa shape index (κ1) is 18.8. The number of rotatable bonds is 6. The third-order valence-electron chi connectivity index (χ3n) is 5.54. The molecule has 2 heterocycles. The summed E-state index contributed by atoms with van der Waals surface area (Å²) >= 11 is 0. The number of methoxy groups -OCH3 is 1. The summed E-state index contributed by atoms with van der Waals surface area (Å²) in [6.45, 7) is 1.80. The molecule has 1 aromatic rings. The molecule has 5 nitrogen and oxygen atoms in total. The topological polar surface area (TPSA) is 49.9 Å². The molecule has 1 atom stereocenters. The summed E-state index contributed by atoms with van der Waals surface area (Å²) in [5.41, 5.74) is 1.28. The molecule has 25 heavy (non-hydrogen) atoms. The number of hydrogen-bond acceptors (Lipinski definition) is 3. The van der Waals surface area contributed by atoms with Crippen LogP contribution in [-0.4, -0.2) is 55.9 Å². The normalized spacial score (nSPS) is 24.4. The molecule has 2 aliphatic rings. The Balaban J connectivity index is 1.65. The minimum absolute atomic E-state index is 0.124. The van der Waals surface area contributed by atoms with E-state index < -0.39 is 10.2 Å². The van der Waals surface area contributed by atoms with E-state index in [9.17, 15) is 8.42 Å². The third kappa shape index (κ3) is 4.61. The van der Waals surface area contributed by atoms with Crippen molar-refractivity contribution in [2.24, 2.45) is 0 Å². The molecule has 0 amide bonds. The number of benzene rings is 1. The Morgan fingerprint density at radius 2 is 1.76 bits per heavy atom. The van der Waals surface area contributed by atoms with Gasteiger partial charge in [-0.1, -0.05) is 36.8 Å². The van der Waals surface area contributed by atoms with Crippen LogP contribution in [0.3, 0.4) is 0 Å². The Kier molecular flexibility index (Phi) is 6.49. The van der Waals surface area contributed by atoms with E-state index in [0.717, 1.165) is 44.9 Å². The second-order valence-electron chi connectivity index (χ2n) is 7.13. The summed E-state index contributed by atoms with van der Waals surface area (Å²) in [7, 11) is -1.65. The van der Waals surface area contributed by atoms with Crippen molar-refractivity contribution in [3.8, 4) is 0 Å². The number of hydrogen-bond donors (Lipinski definition) is 0. The van der Waals surface area contributed by atoms with Gasteiger partial charge in [0.2, 0.25) is 0 Å². The van der Waals surface area contributed by atoms with E-state index in [1.807, 2.05) is 18.2 Å². The van der Waals surface area contributed by atoms with Gasteiger partial charge in [0.1, 0.15) is 0 Å². The molecule has 2 aliphatic heterocycles. The smallest absolute Gasteiger partial charge is 0.282 e. The van der Waals surface area contributed by atoms with Crippen LogP contribution < -0.4 is 0 Å². The van der Waals surface area contributed by atoms with Crippen molar-refractivity contribution in [3.05, 3.63) is 35.9 Å². The standard InChI is InChI=1S/C19H30N2O3S/c1-24-19-12-15-20(16-13-19)25(22,23)21-14-6-5-9-18(21)11-10-17-7-3-2-4-8-17/h2-4,7-8,18-19H,5-6,9-16H2,1H3. The number of ether oxygens (including phenoxy) is 1. The van der Waals surface area contributed by atoms with Crippen molar-refractivity contribution in [1.29, 1.82) is 0 Å². The molecule has 2 fully saturated rings. The van der Waals surface area contributed by atoms with Gasteiger partial charge in [0.25, 0.3) is 10.2 Å². The van der Waals surface area contributed by atoms with E-state index in [4.69, 9.17) is 4.74 Å². The number of aryl methyl sites for hydroxylation is 1. The molecule has 0 N–H and O–H groups in total. The van der Waals surface area contributed by atoms with Crippen LogP contribution in [0, 0.1) is 0 Å². The Morgan fingerprint density at radius 1 is 1.04 bits per heavy atom. The average Bonchev–Trinajstić information content (AvgIpc) is 2.67. The zero-order valence-corrected chi connectivity index (χ0v) is 16.0. The van der Waals surface area contributed by atoms with Gasteiger partial charge in [0, 0.05) is 32.8 Å². The molecule has 0 aromatic heterocycles. The predicted octanol–water partition coefficient (Wildman–Crippen LogP) is 2.83. The molecular weight excluding hydrogens is 336 g/mol. The van der Waals surface area contributed by atoms with Gasteiger partial charge in [-0.05, 0) is 44.1 Å². The minimum atomic E-state index is -3.36. The number of nitrogens with zero attached hydrogens (tertiary/aromatic N) is 2. The van der Waals surface area contributed by atoms with E-state index in [1.165, 1.54) is 5.56 Å². The molecular formula is C19H30N2O3S. The Hall–Kier alpha value is -0.950. The van der Waals surface area contributed by atoms with Crippen molar-refractivity contribution >= 4 is 10.2 Å². The summed E-state index contributed by atoms with van der Waals surface area (Å²) in [6.07, 6.45) is 6.67. The molecule has 1 aromatic carbocycles. The lowest BCUT2D eigenvalue weighted by molar-refractivity contribution is 0.0581. The molecule has 0 bridgehead atoms. The first-order chi connectivity index (χ1) is 12.1. The van der Waals surface area contributed by atoms with Crippen LogP contribution in [0.25, 0.3) is 0 Å². The molecule has 3 rings (SSSR count). The van der Waals surface area contributed by atoms with Gasteiger partial charge in [0.15, 0.2) is 0 Å². The highest BCUT2D eigenvalue weighted by molar-refractivity contribution is 7.86. The predicted molar refractivity (Wildman–Crippen MR) is 99.6 cm³/mol. The van der Waals surface area contributed by atoms with Crippen molar-refractivity contribution < 1.29 is 13.2 Å². The zero-order chi connectivity index (χ0) is 17.7. The van der Waals surface area contributed by atoms with Crippen molar-refractivity contribution in [2.45, 2.75) is 57.1 Å². The van der Waals surface area contributed by atoms with Gasteiger partial charge in [0.05, 0.1) is 6.10 Å². The first-order valence-electron chi connectivity index (χ1n) is 9.45. The van der Waals surface area contributed by atoms with Crippen LogP contribution in [0.1, 0.15) is 44.1 Å². The van der Waals surface area contributed by atoms with Gasteiger partial charge < -0.3 is 4.74 Å². The fourth-order valence-electron chi connectivity index (χ4n) is 3.99. The fourth-order valence-corrected chi connectivity index (χ4v) is 5.91. The van der Waals surface area contributed by atoms with Gasteiger partial charge in [-0.2, -0.15) is 17.0 Å². The van der Waals surface area contributed by atoms with Crippen LogP contribution in [0.5, 0.6) is 0 Å². The maximum absolute atomic E-state index is 13.2. The molecule has 140 valence electrons. The second-order valence-corrected chi connectivity index (χ2v) is 9.01. The lowest BCUT2D eigenvalue weighted by Gasteiger charge is -2.40. The lowest BCUT2D eigenvalue weighted by Crippen LogP contribution is -2.53. The average molecular weight is 367 g/mol.